The van der Waals surface area contributed by atoms with Gasteiger partial charge in [-0.05, 0) is 22.0 Å². The number of methoxy groups -OCH3 is 1. The molecule has 0 aliphatic rings. The molecule has 0 aliphatic heterocycles. The van der Waals surface area contributed by atoms with Crippen molar-refractivity contribution in [3.05, 3.63) is 28.0 Å². The van der Waals surface area contributed by atoms with Crippen LogP contribution in [-0.4, -0.2) is 18.8 Å². The van der Waals surface area contributed by atoms with Gasteiger partial charge < -0.3 is 9.84 Å². The van der Waals surface area contributed by atoms with Crippen LogP contribution in [0.3, 0.4) is 0 Å². The first kappa shape index (κ1) is 11.5. The fraction of sp³-hybridized carbons (Fsp3) is 0.400. The molecule has 0 radical (unpaired) electrons. The van der Waals surface area contributed by atoms with Gasteiger partial charge in [-0.1, -0.05) is 13.0 Å². The van der Waals surface area contributed by atoms with Crippen LogP contribution in [0.5, 0.6) is 5.75 Å². The van der Waals surface area contributed by atoms with Gasteiger partial charge in [-0.3, -0.25) is 0 Å². The highest BCUT2D eigenvalue weighted by atomic mass is 79.9. The summed E-state index contributed by atoms with van der Waals surface area (Å²) in [6, 6.07) is 2.98. The van der Waals surface area contributed by atoms with Crippen molar-refractivity contribution in [1.29, 1.82) is 0 Å². The van der Waals surface area contributed by atoms with Gasteiger partial charge in [0, 0.05) is 18.1 Å². The third-order valence-electron chi connectivity index (χ3n) is 2.09. The van der Waals surface area contributed by atoms with Gasteiger partial charge in [0.2, 0.25) is 0 Å². The molecule has 0 saturated heterocycles. The molecule has 4 heteroatoms. The van der Waals surface area contributed by atoms with Crippen molar-refractivity contribution >= 4 is 15.9 Å². The molecule has 1 unspecified atom stereocenters. The normalized spacial score (nSPS) is 12.6. The molecule has 14 heavy (non-hydrogen) atoms. The van der Waals surface area contributed by atoms with Crippen LogP contribution in [0.15, 0.2) is 16.6 Å². The van der Waals surface area contributed by atoms with Gasteiger partial charge in [-0.2, -0.15) is 0 Å². The molecule has 0 aliphatic carbocycles. The maximum absolute atomic E-state index is 13.1. The van der Waals surface area contributed by atoms with Crippen LogP contribution < -0.4 is 4.74 Å². The summed E-state index contributed by atoms with van der Waals surface area (Å²) in [5.74, 6) is 0.0177. The van der Waals surface area contributed by atoms with Crippen molar-refractivity contribution in [3.63, 3.8) is 0 Å². The summed E-state index contributed by atoms with van der Waals surface area (Å²) in [5.41, 5.74) is 0.795. The highest BCUT2D eigenvalue weighted by Crippen LogP contribution is 2.35. The summed E-state index contributed by atoms with van der Waals surface area (Å²) in [6.07, 6.45) is 0. The number of hydrogen-bond acceptors (Lipinski definition) is 2. The highest BCUT2D eigenvalue weighted by Gasteiger charge is 2.15. The molecule has 1 atom stereocenters. The van der Waals surface area contributed by atoms with Crippen LogP contribution >= 0.6 is 15.9 Å². The quantitative estimate of drug-likeness (QED) is 0.908. The second-order valence-electron chi connectivity index (χ2n) is 3.07. The van der Waals surface area contributed by atoms with Gasteiger partial charge in [0.15, 0.2) is 0 Å². The Morgan fingerprint density at radius 1 is 1.57 bits per heavy atom. The van der Waals surface area contributed by atoms with Crippen LogP contribution in [0.2, 0.25) is 0 Å². The lowest BCUT2D eigenvalue weighted by atomic mass is 10.0. The van der Waals surface area contributed by atoms with E-state index in [-0.39, 0.29) is 18.3 Å². The zero-order chi connectivity index (χ0) is 10.7. The summed E-state index contributed by atoms with van der Waals surface area (Å²) >= 11 is 3.11. The number of aliphatic hydroxyl groups excluding tert-OH is 1. The minimum Gasteiger partial charge on any atom is -0.495 e. The third-order valence-corrected chi connectivity index (χ3v) is 2.83. The molecule has 1 rings (SSSR count). The van der Waals surface area contributed by atoms with Crippen molar-refractivity contribution in [2.45, 2.75) is 12.8 Å². The number of halogens is 2. The Balaban J connectivity index is 3.23. The first-order chi connectivity index (χ1) is 6.61. The van der Waals surface area contributed by atoms with E-state index >= 15 is 0 Å². The monoisotopic (exact) mass is 262 g/mol. The van der Waals surface area contributed by atoms with E-state index in [0.29, 0.717) is 10.2 Å². The molecular formula is C10H12BrFO2. The number of benzene rings is 1. The van der Waals surface area contributed by atoms with Crippen molar-refractivity contribution in [2.75, 3.05) is 13.7 Å². The SMILES string of the molecule is COc1c(C(C)CO)ccc(F)c1Br. The Kier molecular flexibility index (Phi) is 3.89. The molecule has 0 fully saturated rings. The molecular weight excluding hydrogens is 251 g/mol. The molecule has 1 N–H and O–H groups in total. The molecule has 0 spiro atoms. The van der Waals surface area contributed by atoms with E-state index in [0.717, 1.165) is 5.56 Å². The van der Waals surface area contributed by atoms with E-state index in [1.165, 1.54) is 13.2 Å². The Hall–Kier alpha value is -0.610. The van der Waals surface area contributed by atoms with Gasteiger partial charge >= 0.3 is 0 Å². The zero-order valence-corrected chi connectivity index (χ0v) is 9.64. The van der Waals surface area contributed by atoms with E-state index in [2.05, 4.69) is 15.9 Å². The lowest BCUT2D eigenvalue weighted by molar-refractivity contribution is 0.269. The lowest BCUT2D eigenvalue weighted by Gasteiger charge is -2.14. The predicted molar refractivity (Wildman–Crippen MR) is 56.2 cm³/mol. The summed E-state index contributed by atoms with van der Waals surface area (Å²) in [7, 11) is 1.48. The average Bonchev–Trinajstić information content (AvgIpc) is 2.20. The van der Waals surface area contributed by atoms with Gasteiger partial charge in [-0.15, -0.1) is 0 Å². The Morgan fingerprint density at radius 2 is 2.21 bits per heavy atom. The van der Waals surface area contributed by atoms with Gasteiger partial charge in [0.05, 0.1) is 11.6 Å². The van der Waals surface area contributed by atoms with Crippen LogP contribution in [0.1, 0.15) is 18.4 Å². The van der Waals surface area contributed by atoms with Crippen molar-refractivity contribution < 1.29 is 14.2 Å². The van der Waals surface area contributed by atoms with Crippen molar-refractivity contribution in [2.24, 2.45) is 0 Å². The molecule has 0 heterocycles. The molecule has 0 saturated carbocycles. The molecule has 2 nitrogen and oxygen atoms in total. The second kappa shape index (κ2) is 4.75. The second-order valence-corrected chi connectivity index (χ2v) is 3.86. The Bertz CT molecular complexity index is 328. The largest absolute Gasteiger partial charge is 0.495 e. The van der Waals surface area contributed by atoms with E-state index in [9.17, 15) is 4.39 Å². The minimum absolute atomic E-state index is 0.00837. The summed E-state index contributed by atoms with van der Waals surface area (Å²) in [4.78, 5) is 0. The standard InChI is InChI=1S/C10H12BrFO2/c1-6(5-13)7-3-4-8(12)9(11)10(7)14-2/h3-4,6,13H,5H2,1-2H3. The number of aliphatic hydroxyl groups is 1. The smallest absolute Gasteiger partial charge is 0.141 e. The third kappa shape index (κ3) is 2.07. The Labute approximate surface area is 90.8 Å². The lowest BCUT2D eigenvalue weighted by Crippen LogP contribution is -2.03. The summed E-state index contributed by atoms with van der Waals surface area (Å²) in [6.45, 7) is 1.86. The average molecular weight is 263 g/mol. The fourth-order valence-electron chi connectivity index (χ4n) is 1.24. The van der Waals surface area contributed by atoms with Crippen LogP contribution in [-0.2, 0) is 0 Å². The molecule has 0 bridgehead atoms. The predicted octanol–water partition coefficient (Wildman–Crippen LogP) is 2.69. The van der Waals surface area contributed by atoms with E-state index in [1.54, 1.807) is 6.07 Å². The maximum atomic E-state index is 13.1. The van der Waals surface area contributed by atoms with Crippen LogP contribution in [0, 0.1) is 5.82 Å². The number of ether oxygens (including phenoxy) is 1. The van der Waals surface area contributed by atoms with Crippen LogP contribution in [0.4, 0.5) is 4.39 Å². The maximum Gasteiger partial charge on any atom is 0.141 e. The van der Waals surface area contributed by atoms with Crippen LogP contribution in [0.25, 0.3) is 0 Å². The fourth-order valence-corrected chi connectivity index (χ4v) is 1.76. The van der Waals surface area contributed by atoms with Gasteiger partial charge in [0.25, 0.3) is 0 Å². The van der Waals surface area contributed by atoms with E-state index in [1.807, 2.05) is 6.92 Å². The first-order valence-electron chi connectivity index (χ1n) is 4.24. The molecule has 0 amide bonds. The molecule has 78 valence electrons. The van der Waals surface area contributed by atoms with Gasteiger partial charge in [-0.25, -0.2) is 4.39 Å². The van der Waals surface area contributed by atoms with E-state index in [4.69, 9.17) is 9.84 Å². The summed E-state index contributed by atoms with van der Waals surface area (Å²) in [5, 5.41) is 9.00. The highest BCUT2D eigenvalue weighted by molar-refractivity contribution is 9.10. The first-order valence-corrected chi connectivity index (χ1v) is 5.03. The minimum atomic E-state index is -0.365. The topological polar surface area (TPSA) is 29.5 Å². The number of rotatable bonds is 3. The van der Waals surface area contributed by atoms with Gasteiger partial charge in [0.1, 0.15) is 11.6 Å². The summed E-state index contributed by atoms with van der Waals surface area (Å²) < 4.78 is 18.5. The van der Waals surface area contributed by atoms with Crippen molar-refractivity contribution in [1.82, 2.24) is 0 Å². The number of hydrogen-bond donors (Lipinski definition) is 1. The van der Waals surface area contributed by atoms with E-state index < -0.39 is 0 Å². The molecule has 1 aromatic carbocycles. The zero-order valence-electron chi connectivity index (χ0n) is 8.05. The van der Waals surface area contributed by atoms with Crippen molar-refractivity contribution in [3.8, 4) is 5.75 Å². The molecule has 0 aromatic heterocycles. The Morgan fingerprint density at radius 3 is 2.71 bits per heavy atom. The molecule has 1 aromatic rings.